The first-order valence-electron chi connectivity index (χ1n) is 8.61. The fourth-order valence-corrected chi connectivity index (χ4v) is 8.17. The first-order valence-corrected chi connectivity index (χ1v) is 12.0. The molecule has 7 heteroatoms. The van der Waals surface area contributed by atoms with Gasteiger partial charge in [-0.25, -0.2) is 16.8 Å². The highest BCUT2D eigenvalue weighted by Crippen LogP contribution is 2.35. The molecule has 0 aromatic carbocycles. The van der Waals surface area contributed by atoms with Gasteiger partial charge in [0.1, 0.15) is 0 Å². The van der Waals surface area contributed by atoms with Crippen LogP contribution in [0.2, 0.25) is 0 Å². The summed E-state index contributed by atoms with van der Waals surface area (Å²) in [6, 6.07) is 0. The highest BCUT2D eigenvalue weighted by molar-refractivity contribution is 7.92. The molecule has 0 aliphatic carbocycles. The van der Waals surface area contributed by atoms with Crippen LogP contribution >= 0.6 is 0 Å². The molecule has 2 rings (SSSR count). The molecule has 5 nitrogen and oxygen atoms in total. The molecular formula is C16H30O5S2. The Morgan fingerprint density at radius 3 is 1.43 bits per heavy atom. The fourth-order valence-electron chi connectivity index (χ4n) is 3.76. The Labute approximate surface area is 141 Å². The predicted molar refractivity (Wildman–Crippen MR) is 92.0 cm³/mol. The molecule has 0 saturated carbocycles. The SMILES string of the molecule is CC(C)CC1C(OC2CCS(=O)(=O)C2CC(C)C)CCS1(=O)=O. The Kier molecular flexibility index (Phi) is 5.84. The minimum atomic E-state index is -3.12. The molecular weight excluding hydrogens is 336 g/mol. The van der Waals surface area contributed by atoms with Gasteiger partial charge in [0.25, 0.3) is 0 Å². The van der Waals surface area contributed by atoms with Crippen LogP contribution in [0.5, 0.6) is 0 Å². The van der Waals surface area contributed by atoms with E-state index in [1.807, 2.05) is 27.7 Å². The van der Waals surface area contributed by atoms with Crippen LogP contribution in [-0.4, -0.2) is 51.0 Å². The van der Waals surface area contributed by atoms with Crippen LogP contribution in [0.3, 0.4) is 0 Å². The summed E-state index contributed by atoms with van der Waals surface area (Å²) in [6.07, 6.45) is 1.45. The van der Waals surface area contributed by atoms with Gasteiger partial charge in [-0.3, -0.25) is 0 Å². The van der Waals surface area contributed by atoms with E-state index in [1.165, 1.54) is 0 Å². The van der Waals surface area contributed by atoms with E-state index >= 15 is 0 Å². The zero-order chi connectivity index (χ0) is 17.4. The van der Waals surface area contributed by atoms with Crippen molar-refractivity contribution < 1.29 is 21.6 Å². The minimum absolute atomic E-state index is 0.156. The number of ether oxygens (including phenoxy) is 1. The van der Waals surface area contributed by atoms with Crippen LogP contribution in [0.25, 0.3) is 0 Å². The van der Waals surface area contributed by atoms with Crippen LogP contribution in [0.15, 0.2) is 0 Å². The molecule has 136 valence electrons. The van der Waals surface area contributed by atoms with Crippen molar-refractivity contribution in [1.29, 1.82) is 0 Å². The van der Waals surface area contributed by atoms with Crippen LogP contribution in [0, 0.1) is 11.8 Å². The topological polar surface area (TPSA) is 77.5 Å². The van der Waals surface area contributed by atoms with Crippen molar-refractivity contribution in [3.8, 4) is 0 Å². The van der Waals surface area contributed by atoms with Crippen molar-refractivity contribution in [1.82, 2.24) is 0 Å². The van der Waals surface area contributed by atoms with Crippen molar-refractivity contribution in [3.63, 3.8) is 0 Å². The fraction of sp³-hybridized carbons (Fsp3) is 1.00. The van der Waals surface area contributed by atoms with Crippen LogP contribution in [0.1, 0.15) is 53.4 Å². The molecule has 2 saturated heterocycles. The summed E-state index contributed by atoms with van der Waals surface area (Å²) in [5.74, 6) is 0.864. The standard InChI is InChI=1S/C16H30O5S2/c1-11(2)9-15-13(5-7-22(15,17)18)21-14-6-8-23(19,20)16(14)10-12(3)4/h11-16H,5-10H2,1-4H3. The second kappa shape index (κ2) is 7.00. The van der Waals surface area contributed by atoms with Gasteiger partial charge >= 0.3 is 0 Å². The maximum absolute atomic E-state index is 12.3. The summed E-state index contributed by atoms with van der Waals surface area (Å²) in [6.45, 7) is 8.03. The molecule has 0 aromatic heterocycles. The predicted octanol–water partition coefficient (Wildman–Crippen LogP) is 2.21. The van der Waals surface area contributed by atoms with E-state index in [4.69, 9.17) is 4.74 Å². The zero-order valence-electron chi connectivity index (χ0n) is 14.6. The van der Waals surface area contributed by atoms with Gasteiger partial charge in [0, 0.05) is 0 Å². The van der Waals surface area contributed by atoms with Crippen molar-refractivity contribution in [2.24, 2.45) is 11.8 Å². The van der Waals surface area contributed by atoms with Gasteiger partial charge < -0.3 is 4.74 Å². The Hall–Kier alpha value is -0.140. The molecule has 0 bridgehead atoms. The molecule has 2 heterocycles. The lowest BCUT2D eigenvalue weighted by Gasteiger charge is -2.27. The average molecular weight is 367 g/mol. The van der Waals surface area contributed by atoms with Gasteiger partial charge in [0.15, 0.2) is 19.7 Å². The molecule has 4 atom stereocenters. The average Bonchev–Trinajstić information content (AvgIpc) is 2.82. The Balaban J connectivity index is 2.13. The summed E-state index contributed by atoms with van der Waals surface area (Å²) >= 11 is 0. The van der Waals surface area contributed by atoms with Gasteiger partial charge in [-0.2, -0.15) is 0 Å². The molecule has 2 aliphatic heterocycles. The first-order chi connectivity index (χ1) is 10.5. The van der Waals surface area contributed by atoms with Crippen LogP contribution in [0.4, 0.5) is 0 Å². The second-order valence-electron chi connectivity index (χ2n) is 7.86. The van der Waals surface area contributed by atoms with E-state index in [1.54, 1.807) is 0 Å². The second-order valence-corrected chi connectivity index (χ2v) is 12.5. The molecule has 2 aliphatic rings. The van der Waals surface area contributed by atoms with E-state index in [2.05, 4.69) is 0 Å². The smallest absolute Gasteiger partial charge is 0.155 e. The summed E-state index contributed by atoms with van der Waals surface area (Å²) in [5.41, 5.74) is 0. The normalized spacial score (nSPS) is 36.1. The highest BCUT2D eigenvalue weighted by Gasteiger charge is 2.47. The summed E-state index contributed by atoms with van der Waals surface area (Å²) in [4.78, 5) is 0. The van der Waals surface area contributed by atoms with Crippen molar-refractivity contribution in [2.45, 2.75) is 76.1 Å². The van der Waals surface area contributed by atoms with E-state index in [0.717, 1.165) is 0 Å². The van der Waals surface area contributed by atoms with E-state index in [9.17, 15) is 16.8 Å². The summed E-state index contributed by atoms with van der Waals surface area (Å²) < 4.78 is 55.2. The zero-order valence-corrected chi connectivity index (χ0v) is 16.2. The molecule has 23 heavy (non-hydrogen) atoms. The molecule has 4 unspecified atom stereocenters. The van der Waals surface area contributed by atoms with Crippen LogP contribution < -0.4 is 0 Å². The first kappa shape index (κ1) is 19.2. The van der Waals surface area contributed by atoms with Gasteiger partial charge in [-0.15, -0.1) is 0 Å². The lowest BCUT2D eigenvalue weighted by atomic mass is 10.0. The highest BCUT2D eigenvalue weighted by atomic mass is 32.2. The lowest BCUT2D eigenvalue weighted by Crippen LogP contribution is -2.37. The van der Waals surface area contributed by atoms with E-state index in [-0.39, 0.29) is 35.5 Å². The maximum Gasteiger partial charge on any atom is 0.155 e. The Bertz CT molecular complexity index is 552. The van der Waals surface area contributed by atoms with Crippen LogP contribution in [-0.2, 0) is 24.4 Å². The third-order valence-electron chi connectivity index (χ3n) is 4.88. The Morgan fingerprint density at radius 1 is 0.783 bits per heavy atom. The van der Waals surface area contributed by atoms with Gasteiger partial charge in [0.05, 0.1) is 34.2 Å². The van der Waals surface area contributed by atoms with E-state index in [0.29, 0.717) is 25.7 Å². The van der Waals surface area contributed by atoms with Crippen molar-refractivity contribution in [2.75, 3.05) is 11.5 Å². The lowest BCUT2D eigenvalue weighted by molar-refractivity contribution is -0.0142. The molecule has 0 spiro atoms. The third kappa shape index (κ3) is 4.48. The molecule has 0 aromatic rings. The number of hydrogen-bond donors (Lipinski definition) is 0. The van der Waals surface area contributed by atoms with E-state index < -0.39 is 30.2 Å². The largest absolute Gasteiger partial charge is 0.372 e. The summed E-state index contributed by atoms with van der Waals surface area (Å²) in [7, 11) is -6.23. The minimum Gasteiger partial charge on any atom is -0.372 e. The van der Waals surface area contributed by atoms with Gasteiger partial charge in [-0.1, -0.05) is 27.7 Å². The number of rotatable bonds is 6. The number of hydrogen-bond acceptors (Lipinski definition) is 5. The van der Waals surface area contributed by atoms with Crippen molar-refractivity contribution in [3.05, 3.63) is 0 Å². The Morgan fingerprint density at radius 2 is 1.13 bits per heavy atom. The van der Waals surface area contributed by atoms with Gasteiger partial charge in [0.2, 0.25) is 0 Å². The molecule has 0 amide bonds. The van der Waals surface area contributed by atoms with Crippen molar-refractivity contribution >= 4 is 19.7 Å². The molecule has 2 fully saturated rings. The maximum atomic E-state index is 12.3. The summed E-state index contributed by atoms with van der Waals surface area (Å²) in [5, 5.41) is -0.962. The third-order valence-corrected chi connectivity index (χ3v) is 9.33. The quantitative estimate of drug-likeness (QED) is 0.720. The molecule has 0 N–H and O–H groups in total. The number of sulfone groups is 2. The monoisotopic (exact) mass is 366 g/mol. The van der Waals surface area contributed by atoms with Gasteiger partial charge in [-0.05, 0) is 37.5 Å². The molecule has 0 radical (unpaired) electrons.